The minimum absolute atomic E-state index is 0.155. The highest BCUT2D eigenvalue weighted by Crippen LogP contribution is 2.16. The van der Waals surface area contributed by atoms with Crippen LogP contribution in [0.15, 0.2) is 24.3 Å². The molecule has 0 unspecified atom stereocenters. The van der Waals surface area contributed by atoms with Crippen LogP contribution in [-0.4, -0.2) is 9.97 Å². The molecule has 0 saturated heterocycles. The predicted octanol–water partition coefficient (Wildman–Crippen LogP) is 3.07. The Bertz CT molecular complexity index is 614. The fourth-order valence-electron chi connectivity index (χ4n) is 1.68. The van der Waals surface area contributed by atoms with Crippen molar-refractivity contribution in [1.29, 1.82) is 0 Å². The summed E-state index contributed by atoms with van der Waals surface area (Å²) in [5.74, 6) is -0.000910. The molecule has 106 valence electrons. The molecular weight excluding hydrogens is 262 g/mol. The number of benzene rings is 1. The zero-order chi connectivity index (χ0) is 14.7. The van der Waals surface area contributed by atoms with E-state index in [2.05, 4.69) is 15.3 Å². The second kappa shape index (κ2) is 5.81. The van der Waals surface area contributed by atoms with Crippen molar-refractivity contribution in [2.75, 3.05) is 11.1 Å². The zero-order valence-corrected chi connectivity index (χ0v) is 11.3. The van der Waals surface area contributed by atoms with Gasteiger partial charge in [0.1, 0.15) is 17.5 Å². The van der Waals surface area contributed by atoms with Crippen molar-refractivity contribution in [3.63, 3.8) is 0 Å². The third-order valence-corrected chi connectivity index (χ3v) is 2.74. The van der Waals surface area contributed by atoms with Crippen LogP contribution in [-0.2, 0) is 6.54 Å². The minimum atomic E-state index is -0.866. The van der Waals surface area contributed by atoms with E-state index in [1.165, 1.54) is 6.07 Å². The number of hydrogen-bond donors (Lipinski definition) is 2. The van der Waals surface area contributed by atoms with E-state index < -0.39 is 11.6 Å². The summed E-state index contributed by atoms with van der Waals surface area (Å²) in [5, 5.41) is 3.02. The molecule has 0 spiro atoms. The van der Waals surface area contributed by atoms with E-state index in [1.54, 1.807) is 6.07 Å². The van der Waals surface area contributed by atoms with E-state index in [-0.39, 0.29) is 5.92 Å². The van der Waals surface area contributed by atoms with Crippen LogP contribution in [0, 0.1) is 11.6 Å². The molecule has 1 aromatic carbocycles. The average Bonchev–Trinajstić information content (AvgIpc) is 2.39. The molecule has 0 saturated carbocycles. The molecule has 0 radical (unpaired) electrons. The van der Waals surface area contributed by atoms with Crippen LogP contribution in [0.1, 0.15) is 31.2 Å². The van der Waals surface area contributed by atoms with Crippen molar-refractivity contribution in [2.45, 2.75) is 26.3 Å². The molecule has 0 aliphatic heterocycles. The summed E-state index contributed by atoms with van der Waals surface area (Å²) in [6.45, 7) is 4.26. The fourth-order valence-corrected chi connectivity index (χ4v) is 1.68. The number of rotatable bonds is 4. The van der Waals surface area contributed by atoms with Gasteiger partial charge in [0.25, 0.3) is 0 Å². The summed E-state index contributed by atoms with van der Waals surface area (Å²) >= 11 is 0. The van der Waals surface area contributed by atoms with Gasteiger partial charge in [-0.3, -0.25) is 0 Å². The Kier molecular flexibility index (Phi) is 4.12. The zero-order valence-electron chi connectivity index (χ0n) is 11.3. The largest absolute Gasteiger partial charge is 0.384 e. The summed E-state index contributed by atoms with van der Waals surface area (Å²) in [4.78, 5) is 8.45. The molecule has 1 heterocycles. The number of nitrogens with one attached hydrogen (secondary N) is 1. The van der Waals surface area contributed by atoms with E-state index in [0.717, 1.165) is 12.1 Å². The Labute approximate surface area is 116 Å². The second-order valence-electron chi connectivity index (χ2n) is 4.79. The van der Waals surface area contributed by atoms with Gasteiger partial charge in [0, 0.05) is 18.5 Å². The van der Waals surface area contributed by atoms with Crippen LogP contribution in [0.4, 0.5) is 20.4 Å². The van der Waals surface area contributed by atoms with Gasteiger partial charge in [-0.15, -0.1) is 0 Å². The summed E-state index contributed by atoms with van der Waals surface area (Å²) < 4.78 is 25.9. The topological polar surface area (TPSA) is 63.8 Å². The third-order valence-electron chi connectivity index (χ3n) is 2.74. The van der Waals surface area contributed by atoms with Gasteiger partial charge in [0.15, 0.2) is 11.6 Å². The van der Waals surface area contributed by atoms with E-state index >= 15 is 0 Å². The van der Waals surface area contributed by atoms with Gasteiger partial charge in [0.2, 0.25) is 0 Å². The predicted molar refractivity (Wildman–Crippen MR) is 74.2 cm³/mol. The molecule has 0 bridgehead atoms. The van der Waals surface area contributed by atoms with E-state index in [0.29, 0.717) is 29.6 Å². The first-order chi connectivity index (χ1) is 9.45. The van der Waals surface area contributed by atoms with Crippen LogP contribution in [0.5, 0.6) is 0 Å². The number of nitrogen functional groups attached to an aromatic ring is 1. The quantitative estimate of drug-likeness (QED) is 0.902. The first kappa shape index (κ1) is 14.2. The Morgan fingerprint density at radius 3 is 2.55 bits per heavy atom. The van der Waals surface area contributed by atoms with Gasteiger partial charge in [-0.1, -0.05) is 19.9 Å². The van der Waals surface area contributed by atoms with Gasteiger partial charge in [-0.25, -0.2) is 18.7 Å². The number of aromatic nitrogens is 2. The van der Waals surface area contributed by atoms with Crippen molar-refractivity contribution >= 4 is 11.6 Å². The van der Waals surface area contributed by atoms with Gasteiger partial charge < -0.3 is 11.1 Å². The lowest BCUT2D eigenvalue weighted by Crippen LogP contribution is -2.07. The first-order valence-corrected chi connectivity index (χ1v) is 6.28. The van der Waals surface area contributed by atoms with Crippen molar-refractivity contribution < 1.29 is 8.78 Å². The molecule has 0 amide bonds. The number of nitrogens with zero attached hydrogens (tertiary/aromatic N) is 2. The number of anilines is 2. The third kappa shape index (κ3) is 3.40. The lowest BCUT2D eigenvalue weighted by molar-refractivity contribution is 0.507. The molecule has 0 aliphatic carbocycles. The van der Waals surface area contributed by atoms with Gasteiger partial charge in [-0.2, -0.15) is 0 Å². The molecule has 20 heavy (non-hydrogen) atoms. The van der Waals surface area contributed by atoms with Crippen molar-refractivity contribution in [1.82, 2.24) is 9.97 Å². The molecule has 1 aromatic heterocycles. The molecule has 0 aliphatic rings. The molecule has 2 aromatic rings. The van der Waals surface area contributed by atoms with Gasteiger partial charge in [0.05, 0.1) is 0 Å². The number of nitrogens with two attached hydrogens (primary N) is 1. The highest BCUT2D eigenvalue weighted by Gasteiger charge is 2.07. The fraction of sp³-hybridized carbons (Fsp3) is 0.286. The molecular formula is C14H16F2N4. The maximum absolute atomic E-state index is 13.1. The Morgan fingerprint density at radius 1 is 1.15 bits per heavy atom. The van der Waals surface area contributed by atoms with E-state index in [1.807, 2.05) is 13.8 Å². The van der Waals surface area contributed by atoms with Crippen LogP contribution >= 0.6 is 0 Å². The summed E-state index contributed by atoms with van der Waals surface area (Å²) in [7, 11) is 0. The second-order valence-corrected chi connectivity index (χ2v) is 4.79. The standard InChI is InChI=1S/C14H16F2N4/c1-8(2)14-19-12(17)6-13(20-14)18-7-9-3-4-10(15)11(16)5-9/h3-6,8H,7H2,1-2H3,(H3,17,18,19,20). The Hall–Kier alpha value is -2.24. The van der Waals surface area contributed by atoms with Crippen LogP contribution in [0.2, 0.25) is 0 Å². The van der Waals surface area contributed by atoms with Gasteiger partial charge in [-0.05, 0) is 17.7 Å². The van der Waals surface area contributed by atoms with Gasteiger partial charge >= 0.3 is 0 Å². The maximum atomic E-state index is 13.1. The van der Waals surface area contributed by atoms with Crippen LogP contribution in [0.3, 0.4) is 0 Å². The number of halogens is 2. The smallest absolute Gasteiger partial charge is 0.159 e. The van der Waals surface area contributed by atoms with Crippen molar-refractivity contribution in [3.05, 3.63) is 47.3 Å². The van der Waals surface area contributed by atoms with Crippen LogP contribution in [0.25, 0.3) is 0 Å². The summed E-state index contributed by atoms with van der Waals surface area (Å²) in [5.41, 5.74) is 6.33. The molecule has 6 heteroatoms. The SMILES string of the molecule is CC(C)c1nc(N)cc(NCc2ccc(F)c(F)c2)n1. The average molecular weight is 278 g/mol. The van der Waals surface area contributed by atoms with E-state index in [9.17, 15) is 8.78 Å². The molecule has 0 fully saturated rings. The minimum Gasteiger partial charge on any atom is -0.384 e. The van der Waals surface area contributed by atoms with Crippen molar-refractivity contribution in [3.8, 4) is 0 Å². The maximum Gasteiger partial charge on any atom is 0.159 e. The molecule has 0 atom stereocenters. The first-order valence-electron chi connectivity index (χ1n) is 6.28. The lowest BCUT2D eigenvalue weighted by Gasteiger charge is -2.10. The Balaban J connectivity index is 2.12. The number of hydrogen-bond acceptors (Lipinski definition) is 4. The van der Waals surface area contributed by atoms with E-state index in [4.69, 9.17) is 5.73 Å². The molecule has 4 nitrogen and oxygen atoms in total. The van der Waals surface area contributed by atoms with Crippen molar-refractivity contribution in [2.24, 2.45) is 0 Å². The summed E-state index contributed by atoms with van der Waals surface area (Å²) in [6.07, 6.45) is 0. The highest BCUT2D eigenvalue weighted by molar-refractivity contribution is 5.45. The van der Waals surface area contributed by atoms with Crippen LogP contribution < -0.4 is 11.1 Å². The summed E-state index contributed by atoms with van der Waals surface area (Å²) in [6, 6.07) is 5.36. The lowest BCUT2D eigenvalue weighted by atomic mass is 10.2. The molecule has 3 N–H and O–H groups in total. The monoisotopic (exact) mass is 278 g/mol. The highest BCUT2D eigenvalue weighted by atomic mass is 19.2. The Morgan fingerprint density at radius 2 is 1.90 bits per heavy atom. The normalized spacial score (nSPS) is 10.8. The molecule has 2 rings (SSSR count).